The molecule has 0 bridgehead atoms. The van der Waals surface area contributed by atoms with Crippen molar-refractivity contribution in [2.45, 2.75) is 64.3 Å². The lowest BCUT2D eigenvalue weighted by Gasteiger charge is -2.34. The monoisotopic (exact) mass is 264 g/mol. The molecule has 0 spiro atoms. The van der Waals surface area contributed by atoms with Crippen molar-refractivity contribution in [3.05, 3.63) is 0 Å². The fourth-order valence-electron chi connectivity index (χ4n) is 4.34. The highest BCUT2D eigenvalue weighted by Crippen LogP contribution is 2.49. The normalized spacial score (nSPS) is 33.6. The largest absolute Gasteiger partial charge is 0.329 e. The SMILES string of the molecule is CC1CCCC(C(CN)NCC(C2CC2)C2CC2)C1. The molecule has 0 aromatic carbocycles. The maximum atomic E-state index is 6.06. The second kappa shape index (κ2) is 6.13. The molecule has 2 heteroatoms. The molecule has 3 N–H and O–H groups in total. The minimum absolute atomic E-state index is 0.586. The Bertz CT molecular complexity index is 271. The van der Waals surface area contributed by atoms with Crippen LogP contribution in [0.15, 0.2) is 0 Å². The molecule has 0 saturated heterocycles. The molecule has 3 fully saturated rings. The Morgan fingerprint density at radius 3 is 2.21 bits per heavy atom. The maximum Gasteiger partial charge on any atom is 0.0218 e. The number of rotatable bonds is 7. The van der Waals surface area contributed by atoms with E-state index in [1.165, 1.54) is 57.9 Å². The summed E-state index contributed by atoms with van der Waals surface area (Å²) in [6.07, 6.45) is 11.6. The number of nitrogens with one attached hydrogen (secondary N) is 1. The molecule has 110 valence electrons. The van der Waals surface area contributed by atoms with Crippen molar-refractivity contribution < 1.29 is 0 Å². The molecule has 3 aliphatic rings. The molecule has 3 atom stereocenters. The number of hydrogen-bond donors (Lipinski definition) is 2. The molecule has 0 aliphatic heterocycles. The van der Waals surface area contributed by atoms with Gasteiger partial charge in [0.15, 0.2) is 0 Å². The van der Waals surface area contributed by atoms with E-state index in [1.807, 2.05) is 0 Å². The molecular formula is C17H32N2. The van der Waals surface area contributed by atoms with Crippen LogP contribution >= 0.6 is 0 Å². The van der Waals surface area contributed by atoms with Gasteiger partial charge in [-0.3, -0.25) is 0 Å². The summed E-state index contributed by atoms with van der Waals surface area (Å²) in [4.78, 5) is 0. The van der Waals surface area contributed by atoms with Crippen LogP contribution < -0.4 is 11.1 Å². The summed E-state index contributed by atoms with van der Waals surface area (Å²) in [7, 11) is 0. The van der Waals surface area contributed by atoms with Crippen LogP contribution in [0.25, 0.3) is 0 Å². The topological polar surface area (TPSA) is 38.0 Å². The third-order valence-corrected chi connectivity index (χ3v) is 5.87. The Hall–Kier alpha value is -0.0800. The lowest BCUT2D eigenvalue weighted by Crippen LogP contribution is -2.46. The van der Waals surface area contributed by atoms with Gasteiger partial charge >= 0.3 is 0 Å². The molecular weight excluding hydrogens is 232 g/mol. The van der Waals surface area contributed by atoms with E-state index < -0.39 is 0 Å². The predicted molar refractivity (Wildman–Crippen MR) is 80.9 cm³/mol. The Morgan fingerprint density at radius 2 is 1.68 bits per heavy atom. The van der Waals surface area contributed by atoms with Gasteiger partial charge in [-0.25, -0.2) is 0 Å². The zero-order chi connectivity index (χ0) is 13.2. The molecule has 0 amide bonds. The Kier molecular flexibility index (Phi) is 4.48. The van der Waals surface area contributed by atoms with E-state index in [9.17, 15) is 0 Å². The molecule has 3 unspecified atom stereocenters. The van der Waals surface area contributed by atoms with Crippen molar-refractivity contribution in [1.29, 1.82) is 0 Å². The molecule has 3 rings (SSSR count). The third kappa shape index (κ3) is 3.72. The van der Waals surface area contributed by atoms with Crippen LogP contribution in [-0.2, 0) is 0 Å². The van der Waals surface area contributed by atoms with Crippen LogP contribution in [0.1, 0.15) is 58.3 Å². The van der Waals surface area contributed by atoms with E-state index in [2.05, 4.69) is 12.2 Å². The van der Waals surface area contributed by atoms with Crippen molar-refractivity contribution in [3.8, 4) is 0 Å². The van der Waals surface area contributed by atoms with E-state index in [0.29, 0.717) is 6.04 Å². The summed E-state index contributed by atoms with van der Waals surface area (Å²) in [6.45, 7) is 4.50. The van der Waals surface area contributed by atoms with Gasteiger partial charge in [0.05, 0.1) is 0 Å². The van der Waals surface area contributed by atoms with Gasteiger partial charge in [-0.15, -0.1) is 0 Å². The first-order chi connectivity index (χ1) is 9.28. The summed E-state index contributed by atoms with van der Waals surface area (Å²) in [5.41, 5.74) is 6.06. The second-order valence-electron chi connectivity index (χ2n) is 7.62. The highest BCUT2D eigenvalue weighted by atomic mass is 14.9. The van der Waals surface area contributed by atoms with Gasteiger partial charge in [0.25, 0.3) is 0 Å². The Labute approximate surface area is 118 Å². The van der Waals surface area contributed by atoms with Crippen LogP contribution in [0, 0.1) is 29.6 Å². The minimum Gasteiger partial charge on any atom is -0.329 e. The summed E-state index contributed by atoms with van der Waals surface area (Å²) >= 11 is 0. The van der Waals surface area contributed by atoms with Crippen LogP contribution in [-0.4, -0.2) is 19.1 Å². The zero-order valence-corrected chi connectivity index (χ0v) is 12.6. The van der Waals surface area contributed by atoms with Crippen LogP contribution in [0.4, 0.5) is 0 Å². The van der Waals surface area contributed by atoms with E-state index in [0.717, 1.165) is 36.1 Å². The molecule has 0 radical (unpaired) electrons. The summed E-state index contributed by atoms with van der Waals surface area (Å²) in [5, 5.41) is 3.88. The predicted octanol–water partition coefficient (Wildman–Crippen LogP) is 3.17. The van der Waals surface area contributed by atoms with Gasteiger partial charge in [-0.2, -0.15) is 0 Å². The average molecular weight is 264 g/mol. The highest BCUT2D eigenvalue weighted by molar-refractivity contribution is 4.93. The number of nitrogens with two attached hydrogens (primary N) is 1. The van der Waals surface area contributed by atoms with Crippen molar-refractivity contribution in [3.63, 3.8) is 0 Å². The first-order valence-electron chi connectivity index (χ1n) is 8.71. The van der Waals surface area contributed by atoms with Crippen LogP contribution in [0.3, 0.4) is 0 Å². The van der Waals surface area contributed by atoms with E-state index in [-0.39, 0.29) is 0 Å². The molecule has 0 heterocycles. The van der Waals surface area contributed by atoms with Crippen molar-refractivity contribution in [1.82, 2.24) is 5.32 Å². The Balaban J connectivity index is 1.48. The standard InChI is InChI=1S/C17H32N2/c1-12-3-2-4-15(9-12)17(10-18)19-11-16(13-5-6-13)14-7-8-14/h12-17,19H,2-11,18H2,1H3. The van der Waals surface area contributed by atoms with Crippen molar-refractivity contribution >= 4 is 0 Å². The fraction of sp³-hybridized carbons (Fsp3) is 1.00. The third-order valence-electron chi connectivity index (χ3n) is 5.87. The first kappa shape index (κ1) is 13.9. The zero-order valence-electron chi connectivity index (χ0n) is 12.6. The van der Waals surface area contributed by atoms with Crippen LogP contribution in [0.5, 0.6) is 0 Å². The molecule has 0 aromatic rings. The van der Waals surface area contributed by atoms with E-state index >= 15 is 0 Å². The van der Waals surface area contributed by atoms with Gasteiger partial charge in [-0.1, -0.05) is 19.8 Å². The second-order valence-corrected chi connectivity index (χ2v) is 7.62. The van der Waals surface area contributed by atoms with Gasteiger partial charge in [0.1, 0.15) is 0 Å². The smallest absolute Gasteiger partial charge is 0.0218 e. The van der Waals surface area contributed by atoms with Crippen molar-refractivity contribution in [2.75, 3.05) is 13.1 Å². The maximum absolute atomic E-state index is 6.06. The van der Waals surface area contributed by atoms with Crippen LogP contribution in [0.2, 0.25) is 0 Å². The molecule has 0 aromatic heterocycles. The van der Waals surface area contributed by atoms with Crippen molar-refractivity contribution in [2.24, 2.45) is 35.3 Å². The highest BCUT2D eigenvalue weighted by Gasteiger charge is 2.41. The fourth-order valence-corrected chi connectivity index (χ4v) is 4.34. The first-order valence-corrected chi connectivity index (χ1v) is 8.71. The van der Waals surface area contributed by atoms with Gasteiger partial charge in [-0.05, 0) is 74.7 Å². The van der Waals surface area contributed by atoms with Gasteiger partial charge in [0.2, 0.25) is 0 Å². The Morgan fingerprint density at radius 1 is 1.00 bits per heavy atom. The summed E-state index contributed by atoms with van der Waals surface area (Å²) in [5.74, 6) is 4.85. The van der Waals surface area contributed by atoms with Gasteiger partial charge < -0.3 is 11.1 Å². The molecule has 3 saturated carbocycles. The van der Waals surface area contributed by atoms with E-state index in [1.54, 1.807) is 0 Å². The molecule has 3 aliphatic carbocycles. The minimum atomic E-state index is 0.586. The lowest BCUT2D eigenvalue weighted by molar-refractivity contribution is 0.214. The number of hydrogen-bond acceptors (Lipinski definition) is 2. The quantitative estimate of drug-likeness (QED) is 0.741. The molecule has 19 heavy (non-hydrogen) atoms. The summed E-state index contributed by atoms with van der Waals surface area (Å²) < 4.78 is 0. The van der Waals surface area contributed by atoms with E-state index in [4.69, 9.17) is 5.73 Å². The lowest BCUT2D eigenvalue weighted by atomic mass is 9.78. The summed E-state index contributed by atoms with van der Waals surface area (Å²) in [6, 6.07) is 0.586. The average Bonchev–Trinajstić information content (AvgIpc) is 3.28. The molecule has 2 nitrogen and oxygen atoms in total. The van der Waals surface area contributed by atoms with Gasteiger partial charge in [0, 0.05) is 12.6 Å².